The van der Waals surface area contributed by atoms with E-state index >= 15 is 0 Å². The van der Waals surface area contributed by atoms with Gasteiger partial charge in [-0.1, -0.05) is 182 Å². The molecule has 0 nitrogen and oxygen atoms in total. The molecule has 0 aromatic heterocycles. The summed E-state index contributed by atoms with van der Waals surface area (Å²) in [6.45, 7) is 0. The van der Waals surface area contributed by atoms with Crippen molar-refractivity contribution in [2.75, 3.05) is 12.3 Å². The zero-order valence-corrected chi connectivity index (χ0v) is 26.7. The van der Waals surface area contributed by atoms with Crippen LogP contribution in [0.1, 0.15) is 23.0 Å². The third-order valence-corrected chi connectivity index (χ3v) is 14.5. The number of hydrogen-bond acceptors (Lipinski definition) is 0. The third kappa shape index (κ3) is 6.21. The molecule has 1 saturated carbocycles. The van der Waals surface area contributed by atoms with Crippen LogP contribution in [0.5, 0.6) is 0 Å². The molecule has 216 valence electrons. The monoisotopic (exact) mass is 604 g/mol. The summed E-state index contributed by atoms with van der Waals surface area (Å²) in [5.41, 5.74) is 2.98. The van der Waals surface area contributed by atoms with Crippen molar-refractivity contribution >= 4 is 37.1 Å². The summed E-state index contributed by atoms with van der Waals surface area (Å²) >= 11 is 0. The van der Waals surface area contributed by atoms with E-state index in [1.54, 1.807) is 0 Å². The number of hydrogen-bond donors (Lipinski definition) is 0. The van der Waals surface area contributed by atoms with Crippen LogP contribution in [0.4, 0.5) is 0 Å². The molecular formula is C42H38P2. The van der Waals surface area contributed by atoms with E-state index in [0.29, 0.717) is 23.7 Å². The van der Waals surface area contributed by atoms with Crippen molar-refractivity contribution in [2.24, 2.45) is 11.8 Å². The Morgan fingerprint density at radius 3 is 0.773 bits per heavy atom. The molecule has 0 spiro atoms. The first-order valence-corrected chi connectivity index (χ1v) is 18.8. The molecule has 0 amide bonds. The Morgan fingerprint density at radius 2 is 0.523 bits per heavy atom. The van der Waals surface area contributed by atoms with E-state index in [4.69, 9.17) is 0 Å². The van der Waals surface area contributed by atoms with Gasteiger partial charge in [-0.25, -0.2) is 0 Å². The fourth-order valence-corrected chi connectivity index (χ4v) is 12.7. The van der Waals surface area contributed by atoms with Gasteiger partial charge in [-0.15, -0.1) is 0 Å². The first-order valence-electron chi connectivity index (χ1n) is 15.7. The van der Waals surface area contributed by atoms with Gasteiger partial charge >= 0.3 is 0 Å². The van der Waals surface area contributed by atoms with Crippen LogP contribution in [0.2, 0.25) is 0 Å². The molecular weight excluding hydrogens is 566 g/mol. The van der Waals surface area contributed by atoms with E-state index in [0.717, 1.165) is 0 Å². The molecule has 0 bridgehead atoms. The van der Waals surface area contributed by atoms with Gasteiger partial charge in [-0.05, 0) is 84.2 Å². The Hall–Kier alpha value is -3.82. The molecule has 6 aromatic carbocycles. The van der Waals surface area contributed by atoms with E-state index in [1.807, 2.05) is 0 Å². The van der Waals surface area contributed by atoms with Crippen LogP contribution in [0.3, 0.4) is 0 Å². The van der Waals surface area contributed by atoms with Gasteiger partial charge in [0.1, 0.15) is 0 Å². The van der Waals surface area contributed by atoms with Crippen LogP contribution in [0, 0.1) is 11.8 Å². The molecule has 1 aliphatic rings. The molecule has 4 atom stereocenters. The smallest absolute Gasteiger partial charge is 0.00553 e. The van der Waals surface area contributed by atoms with Gasteiger partial charge in [0.25, 0.3) is 0 Å². The zero-order valence-electron chi connectivity index (χ0n) is 24.9. The van der Waals surface area contributed by atoms with Crippen molar-refractivity contribution in [3.05, 3.63) is 193 Å². The number of rotatable bonds is 10. The molecule has 6 aromatic rings. The van der Waals surface area contributed by atoms with Gasteiger partial charge in [0, 0.05) is 0 Å². The summed E-state index contributed by atoms with van der Waals surface area (Å²) < 4.78 is 0. The fraction of sp³-hybridized carbons (Fsp3) is 0.143. The van der Waals surface area contributed by atoms with Gasteiger partial charge in [-0.3, -0.25) is 0 Å². The minimum atomic E-state index is -0.503. The summed E-state index contributed by atoms with van der Waals surface area (Å²) in [6, 6.07) is 68.1. The van der Waals surface area contributed by atoms with E-state index in [9.17, 15) is 0 Å². The van der Waals surface area contributed by atoms with Crippen molar-refractivity contribution in [2.45, 2.75) is 11.8 Å². The van der Waals surface area contributed by atoms with Crippen LogP contribution in [-0.4, -0.2) is 12.3 Å². The molecule has 0 heterocycles. The Bertz CT molecular complexity index is 1500. The van der Waals surface area contributed by atoms with E-state index in [1.165, 1.54) is 44.7 Å². The highest BCUT2D eigenvalue weighted by atomic mass is 31.1. The lowest BCUT2D eigenvalue weighted by Crippen LogP contribution is -2.48. The van der Waals surface area contributed by atoms with E-state index in [2.05, 4.69) is 182 Å². The summed E-state index contributed by atoms with van der Waals surface area (Å²) in [6.07, 6.45) is 2.40. The predicted molar refractivity (Wildman–Crippen MR) is 193 cm³/mol. The highest BCUT2D eigenvalue weighted by molar-refractivity contribution is 7.73. The van der Waals surface area contributed by atoms with Crippen molar-refractivity contribution in [1.29, 1.82) is 0 Å². The Kier molecular flexibility index (Phi) is 9.11. The average molecular weight is 605 g/mol. The maximum absolute atomic E-state index is 2.38. The predicted octanol–water partition coefficient (Wildman–Crippen LogP) is 9.07. The maximum atomic E-state index is 2.38. The van der Waals surface area contributed by atoms with Gasteiger partial charge in [-0.2, -0.15) is 0 Å². The van der Waals surface area contributed by atoms with Crippen LogP contribution in [0.25, 0.3) is 0 Å². The average Bonchev–Trinajstić information content (AvgIpc) is 3.10. The third-order valence-electron chi connectivity index (χ3n) is 9.29. The van der Waals surface area contributed by atoms with Crippen molar-refractivity contribution in [1.82, 2.24) is 0 Å². The molecule has 44 heavy (non-hydrogen) atoms. The molecule has 1 aliphatic carbocycles. The molecule has 1 fully saturated rings. The molecule has 0 saturated heterocycles. The second-order valence-electron chi connectivity index (χ2n) is 11.8. The minimum absolute atomic E-state index is 0.490. The lowest BCUT2D eigenvalue weighted by Gasteiger charge is -2.55. The SMILES string of the molecule is c1ccc([C@H]2[C@@H](CP(c3ccccc3)c3ccccc3)[C@H](CP(c3ccccc3)c3ccccc3)[C@@H]2c2ccccc2)cc1. The lowest BCUT2D eigenvalue weighted by molar-refractivity contribution is 0.130. The summed E-state index contributed by atoms with van der Waals surface area (Å²) in [4.78, 5) is 0. The Labute approximate surface area is 265 Å². The zero-order chi connectivity index (χ0) is 29.6. The summed E-state index contributed by atoms with van der Waals surface area (Å²) in [5.74, 6) is 2.13. The quantitative estimate of drug-likeness (QED) is 0.137. The molecule has 2 heteroatoms. The van der Waals surface area contributed by atoms with E-state index in [-0.39, 0.29) is 0 Å². The lowest BCUT2D eigenvalue weighted by atomic mass is 9.53. The van der Waals surface area contributed by atoms with Gasteiger partial charge in [0.2, 0.25) is 0 Å². The maximum Gasteiger partial charge on any atom is -0.00553 e. The van der Waals surface area contributed by atoms with E-state index < -0.39 is 15.8 Å². The van der Waals surface area contributed by atoms with Crippen molar-refractivity contribution in [3.8, 4) is 0 Å². The van der Waals surface area contributed by atoms with Gasteiger partial charge in [0.15, 0.2) is 0 Å². The van der Waals surface area contributed by atoms with Crippen LogP contribution in [0.15, 0.2) is 182 Å². The van der Waals surface area contributed by atoms with Crippen LogP contribution in [-0.2, 0) is 0 Å². The standard InChI is InChI=1S/C42H38P2/c1-7-19-33(20-8-1)41-39(31-43(35-23-11-3-12-24-35)36-25-13-4-14-26-36)40(42(41)34-21-9-2-10-22-34)32-44(37-27-15-5-16-28-37)38-29-17-6-18-30-38/h1-30,39-42H,31-32H2/t39-,40-,41-,42-/m0/s1. The van der Waals surface area contributed by atoms with Crippen LogP contribution >= 0.6 is 15.8 Å². The largest absolute Gasteiger partial charge is 0.0622 e. The Morgan fingerprint density at radius 1 is 0.295 bits per heavy atom. The normalized spacial score (nSPS) is 19.5. The topological polar surface area (TPSA) is 0 Å². The van der Waals surface area contributed by atoms with Gasteiger partial charge in [0.05, 0.1) is 0 Å². The summed E-state index contributed by atoms with van der Waals surface area (Å²) in [7, 11) is -1.01. The second kappa shape index (κ2) is 13.9. The fourth-order valence-electron chi connectivity index (χ4n) is 7.25. The molecule has 0 unspecified atom stereocenters. The van der Waals surface area contributed by atoms with Crippen molar-refractivity contribution in [3.63, 3.8) is 0 Å². The highest BCUT2D eigenvalue weighted by Gasteiger charge is 2.52. The van der Waals surface area contributed by atoms with Crippen LogP contribution < -0.4 is 21.2 Å². The van der Waals surface area contributed by atoms with Gasteiger partial charge < -0.3 is 0 Å². The second-order valence-corrected chi connectivity index (χ2v) is 16.3. The van der Waals surface area contributed by atoms with Crippen molar-refractivity contribution < 1.29 is 0 Å². The first kappa shape index (κ1) is 28.9. The highest BCUT2D eigenvalue weighted by Crippen LogP contribution is 2.63. The minimum Gasteiger partial charge on any atom is -0.0622 e. The molecule has 0 radical (unpaired) electrons. The number of benzene rings is 6. The first-order chi connectivity index (χ1) is 21.9. The summed E-state index contributed by atoms with van der Waals surface area (Å²) in [5, 5.41) is 5.93. The molecule has 0 N–H and O–H groups in total. The Balaban J connectivity index is 1.34. The molecule has 0 aliphatic heterocycles. The molecule has 7 rings (SSSR count).